The molecular formula is C12H13ClFN3O. The van der Waals surface area contributed by atoms with Crippen LogP contribution in [0.2, 0.25) is 5.02 Å². The van der Waals surface area contributed by atoms with Crippen LogP contribution in [0.4, 0.5) is 10.1 Å². The number of nitrogens with zero attached hydrogens (tertiary/aromatic N) is 2. The van der Waals surface area contributed by atoms with Gasteiger partial charge in [0.2, 0.25) is 0 Å². The Bertz CT molecular complexity index is 556. The van der Waals surface area contributed by atoms with E-state index in [4.69, 9.17) is 22.1 Å². The van der Waals surface area contributed by atoms with Crippen LogP contribution < -0.4 is 5.73 Å². The van der Waals surface area contributed by atoms with Gasteiger partial charge in [-0.3, -0.25) is 4.68 Å². The lowest BCUT2D eigenvalue weighted by molar-refractivity contribution is 0.183. The average Bonchev–Trinajstić information content (AvgIpc) is 2.82. The Morgan fingerprint density at radius 2 is 2.28 bits per heavy atom. The van der Waals surface area contributed by atoms with Crippen molar-refractivity contribution in [1.29, 1.82) is 0 Å². The largest absolute Gasteiger partial charge is 0.396 e. The molecule has 0 unspecified atom stereocenters. The Labute approximate surface area is 109 Å². The van der Waals surface area contributed by atoms with Gasteiger partial charge in [0.1, 0.15) is 0 Å². The van der Waals surface area contributed by atoms with Crippen molar-refractivity contribution in [2.45, 2.75) is 6.54 Å². The molecule has 1 aromatic carbocycles. The summed E-state index contributed by atoms with van der Waals surface area (Å²) < 4.78 is 20.2. The van der Waals surface area contributed by atoms with Crippen LogP contribution in [0.25, 0.3) is 11.1 Å². The highest BCUT2D eigenvalue weighted by Gasteiger charge is 2.12. The first-order chi connectivity index (χ1) is 8.63. The summed E-state index contributed by atoms with van der Waals surface area (Å²) in [6.07, 6.45) is 3.42. The molecule has 2 rings (SSSR count). The second kappa shape index (κ2) is 5.37. The maximum Gasteiger partial charge on any atom is 0.165 e. The fourth-order valence-electron chi connectivity index (χ4n) is 1.60. The topological polar surface area (TPSA) is 53.1 Å². The first kappa shape index (κ1) is 12.9. The number of anilines is 1. The number of aromatic nitrogens is 2. The van der Waals surface area contributed by atoms with E-state index in [0.29, 0.717) is 18.7 Å². The molecule has 0 amide bonds. The minimum atomic E-state index is -0.598. The molecule has 96 valence electrons. The number of benzene rings is 1. The number of hydrogen-bond donors (Lipinski definition) is 1. The van der Waals surface area contributed by atoms with Crippen molar-refractivity contribution in [3.8, 4) is 11.1 Å². The number of ether oxygens (including phenoxy) is 1. The Hall–Kier alpha value is -1.59. The summed E-state index contributed by atoms with van der Waals surface area (Å²) in [5.41, 5.74) is 6.80. The molecule has 0 atom stereocenters. The highest BCUT2D eigenvalue weighted by Crippen LogP contribution is 2.32. The van der Waals surface area contributed by atoms with E-state index in [1.807, 2.05) is 0 Å². The number of rotatable bonds is 4. The van der Waals surface area contributed by atoms with Gasteiger partial charge in [-0.2, -0.15) is 5.10 Å². The normalized spacial score (nSPS) is 10.8. The molecule has 0 aliphatic carbocycles. The molecule has 0 spiro atoms. The van der Waals surface area contributed by atoms with E-state index in [-0.39, 0.29) is 10.7 Å². The van der Waals surface area contributed by atoms with Crippen molar-refractivity contribution in [3.05, 3.63) is 35.4 Å². The third-order valence-electron chi connectivity index (χ3n) is 2.58. The van der Waals surface area contributed by atoms with Gasteiger partial charge >= 0.3 is 0 Å². The van der Waals surface area contributed by atoms with Gasteiger partial charge < -0.3 is 10.5 Å². The third kappa shape index (κ3) is 2.47. The Kier molecular flexibility index (Phi) is 3.84. The van der Waals surface area contributed by atoms with Gasteiger partial charge in [0, 0.05) is 24.4 Å². The Morgan fingerprint density at radius 3 is 3.00 bits per heavy atom. The second-order valence-corrected chi connectivity index (χ2v) is 4.19. The van der Waals surface area contributed by atoms with Crippen LogP contribution >= 0.6 is 11.6 Å². The van der Waals surface area contributed by atoms with Crippen LogP contribution in [0.1, 0.15) is 0 Å². The summed E-state index contributed by atoms with van der Waals surface area (Å²) in [4.78, 5) is 0. The molecule has 0 saturated heterocycles. The summed E-state index contributed by atoms with van der Waals surface area (Å²) in [6, 6.07) is 3.17. The van der Waals surface area contributed by atoms with Crippen molar-refractivity contribution < 1.29 is 9.13 Å². The molecule has 6 heteroatoms. The van der Waals surface area contributed by atoms with Crippen LogP contribution in [0.15, 0.2) is 24.5 Å². The van der Waals surface area contributed by atoms with E-state index in [0.717, 1.165) is 5.56 Å². The maximum atomic E-state index is 13.6. The van der Waals surface area contributed by atoms with E-state index in [9.17, 15) is 4.39 Å². The predicted molar refractivity (Wildman–Crippen MR) is 68.9 cm³/mol. The standard InChI is InChI=1S/C12H13ClFN3O/c1-18-5-4-17-7-8(6-16-17)9-2-3-10(15)12(14)11(9)13/h2-3,6-7H,4-5,15H2,1H3. The monoisotopic (exact) mass is 269 g/mol. The molecule has 2 aromatic rings. The predicted octanol–water partition coefficient (Wildman–Crippen LogP) is 2.57. The third-order valence-corrected chi connectivity index (χ3v) is 2.95. The van der Waals surface area contributed by atoms with Gasteiger partial charge in [0.25, 0.3) is 0 Å². The number of nitrogens with two attached hydrogens (primary N) is 1. The van der Waals surface area contributed by atoms with Crippen molar-refractivity contribution in [1.82, 2.24) is 9.78 Å². The summed E-state index contributed by atoms with van der Waals surface area (Å²) in [5, 5.41) is 4.16. The summed E-state index contributed by atoms with van der Waals surface area (Å²) in [5.74, 6) is -0.598. The zero-order valence-electron chi connectivity index (χ0n) is 9.86. The Balaban J connectivity index is 2.31. The molecule has 2 N–H and O–H groups in total. The fraction of sp³-hybridized carbons (Fsp3) is 0.250. The molecule has 0 bridgehead atoms. The second-order valence-electron chi connectivity index (χ2n) is 3.82. The van der Waals surface area contributed by atoms with E-state index >= 15 is 0 Å². The van der Waals surface area contributed by atoms with Crippen LogP contribution in [0.5, 0.6) is 0 Å². The summed E-state index contributed by atoms with van der Waals surface area (Å²) in [6.45, 7) is 1.19. The van der Waals surface area contributed by atoms with E-state index in [2.05, 4.69) is 5.10 Å². The lowest BCUT2D eigenvalue weighted by Crippen LogP contribution is -2.03. The van der Waals surface area contributed by atoms with Gasteiger partial charge in [-0.05, 0) is 6.07 Å². The van der Waals surface area contributed by atoms with E-state index < -0.39 is 5.82 Å². The van der Waals surface area contributed by atoms with Gasteiger partial charge in [-0.25, -0.2) is 4.39 Å². The molecule has 0 fully saturated rings. The van der Waals surface area contributed by atoms with Crippen molar-refractivity contribution in [3.63, 3.8) is 0 Å². The lowest BCUT2D eigenvalue weighted by Gasteiger charge is -2.04. The van der Waals surface area contributed by atoms with Gasteiger partial charge in [0.15, 0.2) is 5.82 Å². The minimum Gasteiger partial charge on any atom is -0.396 e. The molecular weight excluding hydrogens is 257 g/mol. The quantitative estimate of drug-likeness (QED) is 0.868. The molecule has 0 aliphatic heterocycles. The highest BCUT2D eigenvalue weighted by molar-refractivity contribution is 6.33. The van der Waals surface area contributed by atoms with Crippen molar-refractivity contribution >= 4 is 17.3 Å². The smallest absolute Gasteiger partial charge is 0.165 e. The number of nitrogen functional groups attached to an aromatic ring is 1. The minimum absolute atomic E-state index is 0.0151. The SMILES string of the molecule is COCCn1cc(-c2ccc(N)c(F)c2Cl)cn1. The summed E-state index contributed by atoms with van der Waals surface area (Å²) >= 11 is 5.93. The highest BCUT2D eigenvalue weighted by atomic mass is 35.5. The first-order valence-electron chi connectivity index (χ1n) is 5.38. The number of halogens is 2. The van der Waals surface area contributed by atoms with E-state index in [1.165, 1.54) is 6.07 Å². The van der Waals surface area contributed by atoms with Crippen molar-refractivity contribution in [2.24, 2.45) is 0 Å². The van der Waals surface area contributed by atoms with Crippen molar-refractivity contribution in [2.75, 3.05) is 19.5 Å². The van der Waals surface area contributed by atoms with Gasteiger partial charge in [0.05, 0.1) is 30.1 Å². The number of hydrogen-bond acceptors (Lipinski definition) is 3. The summed E-state index contributed by atoms with van der Waals surface area (Å²) in [7, 11) is 1.62. The molecule has 4 nitrogen and oxygen atoms in total. The van der Waals surface area contributed by atoms with Crippen LogP contribution in [0.3, 0.4) is 0 Å². The van der Waals surface area contributed by atoms with Crippen LogP contribution in [-0.4, -0.2) is 23.5 Å². The van der Waals surface area contributed by atoms with Gasteiger partial charge in [-0.15, -0.1) is 0 Å². The van der Waals surface area contributed by atoms with Crippen LogP contribution in [-0.2, 0) is 11.3 Å². The number of methoxy groups -OCH3 is 1. The Morgan fingerprint density at radius 1 is 1.50 bits per heavy atom. The molecule has 0 aliphatic rings. The fourth-order valence-corrected chi connectivity index (χ4v) is 1.88. The zero-order chi connectivity index (χ0) is 13.1. The lowest BCUT2D eigenvalue weighted by atomic mass is 10.1. The average molecular weight is 270 g/mol. The zero-order valence-corrected chi connectivity index (χ0v) is 10.6. The molecule has 18 heavy (non-hydrogen) atoms. The van der Waals surface area contributed by atoms with E-state index in [1.54, 1.807) is 30.3 Å². The molecule has 1 aromatic heterocycles. The molecule has 0 saturated carbocycles. The van der Waals surface area contributed by atoms with Gasteiger partial charge in [-0.1, -0.05) is 17.7 Å². The molecule has 0 radical (unpaired) electrons. The maximum absolute atomic E-state index is 13.6. The molecule has 1 heterocycles. The van der Waals surface area contributed by atoms with Crippen LogP contribution in [0, 0.1) is 5.82 Å². The first-order valence-corrected chi connectivity index (χ1v) is 5.76.